The van der Waals surface area contributed by atoms with Crippen molar-refractivity contribution in [1.29, 1.82) is 5.26 Å². The van der Waals surface area contributed by atoms with E-state index in [0.29, 0.717) is 11.1 Å². The van der Waals surface area contributed by atoms with E-state index in [9.17, 15) is 8.42 Å². The Kier molecular flexibility index (Phi) is 3.90. The Morgan fingerprint density at radius 3 is 2.59 bits per heavy atom. The minimum atomic E-state index is -3.63. The van der Waals surface area contributed by atoms with E-state index in [2.05, 4.69) is 10.6 Å². The molecule has 0 fully saturated rings. The van der Waals surface area contributed by atoms with Crippen LogP contribution in [0.4, 0.5) is 0 Å². The van der Waals surface area contributed by atoms with Gasteiger partial charge in [-0.3, -0.25) is 0 Å². The van der Waals surface area contributed by atoms with E-state index in [0.717, 1.165) is 0 Å². The molecule has 0 aliphatic rings. The topological polar surface area (TPSA) is 70.0 Å². The van der Waals surface area contributed by atoms with E-state index in [-0.39, 0.29) is 4.90 Å². The number of nitrogens with one attached hydrogen (secondary N) is 1. The lowest BCUT2D eigenvalue weighted by molar-refractivity contribution is 0.577. The van der Waals surface area contributed by atoms with Gasteiger partial charge in [0.2, 0.25) is 10.0 Å². The van der Waals surface area contributed by atoms with Gasteiger partial charge in [-0.2, -0.15) is 9.98 Å². The average molecular weight is 248 g/mol. The van der Waals surface area contributed by atoms with Crippen molar-refractivity contribution in [1.82, 2.24) is 4.72 Å². The van der Waals surface area contributed by atoms with Crippen LogP contribution in [0.3, 0.4) is 0 Å². The Balaban J connectivity index is 3.18. The summed E-state index contributed by atoms with van der Waals surface area (Å²) >= 11 is 0. The summed E-state index contributed by atoms with van der Waals surface area (Å²) in [6, 6.07) is 5.76. The predicted octanol–water partition coefficient (Wildman–Crippen LogP) is 1.17. The van der Waals surface area contributed by atoms with Gasteiger partial charge in [-0.1, -0.05) is 5.92 Å². The second kappa shape index (κ2) is 5.01. The summed E-state index contributed by atoms with van der Waals surface area (Å²) in [7, 11) is -3.63. The van der Waals surface area contributed by atoms with Crippen LogP contribution < -0.4 is 4.72 Å². The molecule has 1 unspecified atom stereocenters. The van der Waals surface area contributed by atoms with Gasteiger partial charge in [0, 0.05) is 0 Å². The van der Waals surface area contributed by atoms with Crippen molar-refractivity contribution >= 4 is 10.0 Å². The first-order valence-electron chi connectivity index (χ1n) is 4.90. The number of rotatable bonds is 3. The summed E-state index contributed by atoms with van der Waals surface area (Å²) in [6.45, 7) is 3.21. The molecule has 1 aromatic rings. The highest BCUT2D eigenvalue weighted by molar-refractivity contribution is 7.89. The van der Waals surface area contributed by atoms with Gasteiger partial charge in [0.1, 0.15) is 0 Å². The van der Waals surface area contributed by atoms with Crippen molar-refractivity contribution in [3.63, 3.8) is 0 Å². The number of nitriles is 1. The van der Waals surface area contributed by atoms with Gasteiger partial charge in [-0.25, -0.2) is 8.42 Å². The van der Waals surface area contributed by atoms with E-state index in [1.54, 1.807) is 13.8 Å². The Hall–Kier alpha value is -1.82. The molecule has 0 saturated carbocycles. The molecule has 4 nitrogen and oxygen atoms in total. The summed E-state index contributed by atoms with van der Waals surface area (Å²) in [6.07, 6.45) is 5.12. The van der Waals surface area contributed by atoms with Crippen LogP contribution in [0.15, 0.2) is 23.1 Å². The summed E-state index contributed by atoms with van der Waals surface area (Å²) in [5.41, 5.74) is 0.937. The van der Waals surface area contributed by atoms with E-state index >= 15 is 0 Å². The zero-order chi connectivity index (χ0) is 13.1. The SMILES string of the molecule is C#CC(C)NS(=O)(=O)c1ccc(C#N)cc1C. The maximum Gasteiger partial charge on any atom is 0.241 e. The first-order chi connectivity index (χ1) is 7.90. The molecule has 0 aliphatic heterocycles. The molecule has 1 atom stereocenters. The fourth-order valence-electron chi connectivity index (χ4n) is 1.35. The minimum absolute atomic E-state index is 0.138. The van der Waals surface area contributed by atoms with Gasteiger partial charge < -0.3 is 0 Å². The number of hydrogen-bond acceptors (Lipinski definition) is 3. The largest absolute Gasteiger partial charge is 0.241 e. The van der Waals surface area contributed by atoms with Crippen molar-refractivity contribution in [2.45, 2.75) is 24.8 Å². The lowest BCUT2D eigenvalue weighted by Crippen LogP contribution is -2.31. The van der Waals surface area contributed by atoms with E-state index in [1.165, 1.54) is 18.2 Å². The molecule has 0 amide bonds. The van der Waals surface area contributed by atoms with Crippen LogP contribution in [-0.2, 0) is 10.0 Å². The fourth-order valence-corrected chi connectivity index (χ4v) is 2.74. The summed E-state index contributed by atoms with van der Waals surface area (Å²) in [5.74, 6) is 2.29. The van der Waals surface area contributed by atoms with Crippen LogP contribution in [0, 0.1) is 30.6 Å². The summed E-state index contributed by atoms with van der Waals surface area (Å²) in [5, 5.41) is 8.70. The quantitative estimate of drug-likeness (QED) is 0.816. The van der Waals surface area contributed by atoms with E-state index in [1.807, 2.05) is 6.07 Å². The van der Waals surface area contributed by atoms with Gasteiger partial charge in [0.15, 0.2) is 0 Å². The monoisotopic (exact) mass is 248 g/mol. The Morgan fingerprint density at radius 2 is 2.12 bits per heavy atom. The van der Waals surface area contributed by atoms with Crippen LogP contribution in [-0.4, -0.2) is 14.5 Å². The predicted molar refractivity (Wildman–Crippen MR) is 64.5 cm³/mol. The van der Waals surface area contributed by atoms with Crippen LogP contribution in [0.2, 0.25) is 0 Å². The highest BCUT2D eigenvalue weighted by Gasteiger charge is 2.18. The minimum Gasteiger partial charge on any atom is -0.207 e. The molecule has 0 bridgehead atoms. The van der Waals surface area contributed by atoms with Gasteiger partial charge in [-0.15, -0.1) is 6.42 Å². The molecule has 0 spiro atoms. The normalized spacial score (nSPS) is 12.5. The second-order valence-corrected chi connectivity index (χ2v) is 5.28. The number of sulfonamides is 1. The molecule has 0 saturated heterocycles. The third-order valence-corrected chi connectivity index (χ3v) is 3.88. The Bertz CT molecular complexity index is 606. The molecule has 0 aliphatic carbocycles. The van der Waals surface area contributed by atoms with Crippen LogP contribution in [0.5, 0.6) is 0 Å². The number of aryl methyl sites for hydroxylation is 1. The van der Waals surface area contributed by atoms with Gasteiger partial charge >= 0.3 is 0 Å². The van der Waals surface area contributed by atoms with Crippen molar-refractivity contribution in [2.75, 3.05) is 0 Å². The molecule has 17 heavy (non-hydrogen) atoms. The molecule has 0 radical (unpaired) electrons. The average Bonchev–Trinajstić information content (AvgIpc) is 2.27. The van der Waals surface area contributed by atoms with Crippen LogP contribution >= 0.6 is 0 Å². The van der Waals surface area contributed by atoms with Crippen LogP contribution in [0.1, 0.15) is 18.1 Å². The molecule has 0 heterocycles. The van der Waals surface area contributed by atoms with Crippen molar-refractivity contribution < 1.29 is 8.42 Å². The highest BCUT2D eigenvalue weighted by atomic mass is 32.2. The van der Waals surface area contributed by atoms with Crippen molar-refractivity contribution in [3.05, 3.63) is 29.3 Å². The zero-order valence-corrected chi connectivity index (χ0v) is 10.4. The fraction of sp³-hybridized carbons (Fsp3) is 0.250. The maximum absolute atomic E-state index is 11.9. The third-order valence-electron chi connectivity index (χ3n) is 2.18. The Labute approximate surface area is 101 Å². The molecule has 5 heteroatoms. The molecule has 0 aromatic heterocycles. The highest BCUT2D eigenvalue weighted by Crippen LogP contribution is 2.16. The maximum atomic E-state index is 11.9. The zero-order valence-electron chi connectivity index (χ0n) is 9.56. The lowest BCUT2D eigenvalue weighted by Gasteiger charge is -2.11. The third kappa shape index (κ3) is 3.07. The first-order valence-corrected chi connectivity index (χ1v) is 6.38. The second-order valence-electron chi connectivity index (χ2n) is 3.60. The summed E-state index contributed by atoms with van der Waals surface area (Å²) in [4.78, 5) is 0.138. The molecular formula is C12H12N2O2S. The van der Waals surface area contributed by atoms with Gasteiger partial charge in [-0.05, 0) is 37.6 Å². The standard InChI is InChI=1S/C12H12N2O2S/c1-4-10(3)14-17(15,16)12-6-5-11(8-13)7-9(12)2/h1,5-7,10,14H,2-3H3. The van der Waals surface area contributed by atoms with Gasteiger partial charge in [0.05, 0.1) is 22.6 Å². The number of benzene rings is 1. The van der Waals surface area contributed by atoms with Crippen molar-refractivity contribution in [2.24, 2.45) is 0 Å². The van der Waals surface area contributed by atoms with Crippen LogP contribution in [0.25, 0.3) is 0 Å². The molecule has 1 rings (SSSR count). The Morgan fingerprint density at radius 1 is 1.47 bits per heavy atom. The smallest absolute Gasteiger partial charge is 0.207 e. The molecular weight excluding hydrogens is 236 g/mol. The molecule has 88 valence electrons. The van der Waals surface area contributed by atoms with E-state index in [4.69, 9.17) is 11.7 Å². The number of nitrogens with zero attached hydrogens (tertiary/aromatic N) is 1. The van der Waals surface area contributed by atoms with Crippen molar-refractivity contribution in [3.8, 4) is 18.4 Å². The molecule has 1 N–H and O–H groups in total. The number of hydrogen-bond donors (Lipinski definition) is 1. The van der Waals surface area contributed by atoms with E-state index < -0.39 is 16.1 Å². The van der Waals surface area contributed by atoms with Gasteiger partial charge in [0.25, 0.3) is 0 Å². The first kappa shape index (κ1) is 13.2. The number of terminal acetylenes is 1. The molecule has 1 aromatic carbocycles. The lowest BCUT2D eigenvalue weighted by atomic mass is 10.2. The summed E-state index contributed by atoms with van der Waals surface area (Å²) < 4.78 is 26.2.